The number of nitrogens with two attached hydrogens (primary N) is 1. The van der Waals surface area contributed by atoms with Crippen molar-refractivity contribution in [2.75, 3.05) is 6.54 Å². The maximum absolute atomic E-state index is 10.8. The Balaban J connectivity index is 1.54. The quantitative estimate of drug-likeness (QED) is 0.569. The second-order valence-corrected chi connectivity index (χ2v) is 7.00. The predicted molar refractivity (Wildman–Crippen MR) is 87.8 cm³/mol. The van der Waals surface area contributed by atoms with Gasteiger partial charge in [0.15, 0.2) is 0 Å². The number of hydrogen-bond donors (Lipinski definition) is 3. The first kappa shape index (κ1) is 16.4. The van der Waals surface area contributed by atoms with Crippen molar-refractivity contribution >= 4 is 0 Å². The summed E-state index contributed by atoms with van der Waals surface area (Å²) in [5.41, 5.74) is 7.40. The number of H-pyrrole nitrogens is 1. The number of hydrogen-bond acceptors (Lipinski definition) is 5. The Labute approximate surface area is 136 Å². The van der Waals surface area contributed by atoms with E-state index in [4.69, 9.17) is 5.73 Å². The van der Waals surface area contributed by atoms with Gasteiger partial charge in [-0.25, -0.2) is 4.98 Å². The molecule has 3 rings (SSSR count). The first-order chi connectivity index (χ1) is 11.1. The molecule has 128 valence electrons. The zero-order valence-electron chi connectivity index (χ0n) is 13.5. The summed E-state index contributed by atoms with van der Waals surface area (Å²) in [5.74, 6) is 1.20. The Morgan fingerprint density at radius 1 is 1.30 bits per heavy atom. The van der Waals surface area contributed by atoms with Crippen LogP contribution in [0.1, 0.15) is 74.8 Å². The van der Waals surface area contributed by atoms with E-state index in [1.165, 1.54) is 19.3 Å². The molecule has 1 aromatic rings. The minimum atomic E-state index is -0.367. The van der Waals surface area contributed by atoms with Crippen LogP contribution in [0, 0.1) is 10.1 Å². The lowest BCUT2D eigenvalue weighted by atomic mass is 9.84. The molecule has 0 spiro atoms. The summed E-state index contributed by atoms with van der Waals surface area (Å²) < 4.78 is 0. The van der Waals surface area contributed by atoms with Crippen molar-refractivity contribution in [1.82, 2.24) is 15.3 Å². The van der Waals surface area contributed by atoms with Gasteiger partial charge in [0.05, 0.1) is 6.04 Å². The Morgan fingerprint density at radius 2 is 2.09 bits per heavy atom. The Kier molecular flexibility index (Phi) is 5.27. The third-order valence-electron chi connectivity index (χ3n) is 5.35. The van der Waals surface area contributed by atoms with E-state index in [0.29, 0.717) is 24.8 Å². The lowest BCUT2D eigenvalue weighted by molar-refractivity contribution is -0.526. The van der Waals surface area contributed by atoms with Crippen LogP contribution in [0.5, 0.6) is 0 Å². The molecule has 2 atom stereocenters. The van der Waals surface area contributed by atoms with Crippen LogP contribution < -0.4 is 11.1 Å². The SMILES string of the molecule is N[C@@H](CC1CCCCN1)c1ncc(C2CCC([N+](=O)[O-])CC2)[nH]1. The fourth-order valence-electron chi connectivity index (χ4n) is 3.89. The number of nitrogens with one attached hydrogen (secondary N) is 2. The second-order valence-electron chi connectivity index (χ2n) is 7.00. The van der Waals surface area contributed by atoms with Crippen molar-refractivity contribution < 1.29 is 4.92 Å². The molecule has 7 heteroatoms. The molecule has 2 fully saturated rings. The van der Waals surface area contributed by atoms with E-state index < -0.39 is 0 Å². The summed E-state index contributed by atoms with van der Waals surface area (Å²) in [6.45, 7) is 1.08. The number of nitro groups is 1. The van der Waals surface area contributed by atoms with Crippen molar-refractivity contribution in [3.05, 3.63) is 27.8 Å². The zero-order chi connectivity index (χ0) is 16.2. The number of imidazole rings is 1. The van der Waals surface area contributed by atoms with Gasteiger partial charge < -0.3 is 16.0 Å². The second kappa shape index (κ2) is 7.40. The zero-order valence-corrected chi connectivity index (χ0v) is 13.5. The highest BCUT2D eigenvalue weighted by atomic mass is 16.6. The van der Waals surface area contributed by atoms with E-state index in [1.54, 1.807) is 0 Å². The molecular weight excluding hydrogens is 294 g/mol. The number of piperidine rings is 1. The minimum Gasteiger partial charge on any atom is -0.344 e. The van der Waals surface area contributed by atoms with Gasteiger partial charge in [-0.15, -0.1) is 0 Å². The minimum absolute atomic E-state index is 0.0746. The smallest absolute Gasteiger partial charge is 0.213 e. The molecule has 0 bridgehead atoms. The third kappa shape index (κ3) is 4.09. The van der Waals surface area contributed by atoms with Crippen LogP contribution in [0.3, 0.4) is 0 Å². The lowest BCUT2D eigenvalue weighted by Gasteiger charge is -2.25. The number of aromatic nitrogens is 2. The third-order valence-corrected chi connectivity index (χ3v) is 5.35. The average molecular weight is 321 g/mol. The fourth-order valence-corrected chi connectivity index (χ4v) is 3.89. The number of rotatable bonds is 5. The molecular formula is C16H27N5O2. The first-order valence-electron chi connectivity index (χ1n) is 8.80. The van der Waals surface area contributed by atoms with Crippen LogP contribution in [0.15, 0.2) is 6.20 Å². The van der Waals surface area contributed by atoms with Gasteiger partial charge in [0.2, 0.25) is 6.04 Å². The maximum atomic E-state index is 10.8. The normalized spacial score (nSPS) is 30.0. The highest BCUT2D eigenvalue weighted by Crippen LogP contribution is 2.33. The summed E-state index contributed by atoms with van der Waals surface area (Å²) in [5, 5.41) is 14.4. The molecule has 0 aromatic carbocycles. The van der Waals surface area contributed by atoms with Crippen molar-refractivity contribution in [1.29, 1.82) is 0 Å². The topological polar surface area (TPSA) is 110 Å². The van der Waals surface area contributed by atoms with Crippen molar-refractivity contribution in [2.24, 2.45) is 5.73 Å². The molecule has 1 unspecified atom stereocenters. The lowest BCUT2D eigenvalue weighted by Crippen LogP contribution is -2.36. The summed E-state index contributed by atoms with van der Waals surface area (Å²) in [6, 6.07) is 0.0468. The fraction of sp³-hybridized carbons (Fsp3) is 0.812. The molecule has 7 nitrogen and oxygen atoms in total. The Morgan fingerprint density at radius 3 is 2.74 bits per heavy atom. The van der Waals surface area contributed by atoms with Gasteiger partial charge in [0.1, 0.15) is 5.82 Å². The van der Waals surface area contributed by atoms with E-state index in [9.17, 15) is 10.1 Å². The predicted octanol–water partition coefficient (Wildman–Crippen LogP) is 2.24. The molecule has 4 N–H and O–H groups in total. The van der Waals surface area contributed by atoms with Crippen LogP contribution >= 0.6 is 0 Å². The molecule has 23 heavy (non-hydrogen) atoms. The van der Waals surface area contributed by atoms with Crippen LogP contribution in [0.4, 0.5) is 0 Å². The highest BCUT2D eigenvalue weighted by Gasteiger charge is 2.30. The molecule has 2 heterocycles. The maximum Gasteiger partial charge on any atom is 0.213 e. The van der Waals surface area contributed by atoms with Crippen molar-refractivity contribution in [3.8, 4) is 0 Å². The van der Waals surface area contributed by atoms with Crippen LogP contribution in [-0.4, -0.2) is 33.5 Å². The largest absolute Gasteiger partial charge is 0.344 e. The molecule has 1 saturated carbocycles. The number of nitrogens with zero attached hydrogens (tertiary/aromatic N) is 2. The van der Waals surface area contributed by atoms with E-state index >= 15 is 0 Å². The van der Waals surface area contributed by atoms with E-state index in [1.807, 2.05) is 6.20 Å². The van der Waals surface area contributed by atoms with Gasteiger partial charge in [0.25, 0.3) is 0 Å². The van der Waals surface area contributed by atoms with E-state index in [2.05, 4.69) is 15.3 Å². The Bertz CT molecular complexity index is 518. The molecule has 1 aromatic heterocycles. The van der Waals surface area contributed by atoms with Crippen LogP contribution in [0.2, 0.25) is 0 Å². The Hall–Kier alpha value is -1.47. The van der Waals surface area contributed by atoms with Crippen LogP contribution in [-0.2, 0) is 0 Å². The summed E-state index contributed by atoms with van der Waals surface area (Å²) in [6.07, 6.45) is 9.51. The van der Waals surface area contributed by atoms with Gasteiger partial charge in [-0.3, -0.25) is 10.1 Å². The van der Waals surface area contributed by atoms with Gasteiger partial charge >= 0.3 is 0 Å². The molecule has 0 amide bonds. The van der Waals surface area contributed by atoms with E-state index in [0.717, 1.165) is 37.3 Å². The van der Waals surface area contributed by atoms with Gasteiger partial charge in [-0.1, -0.05) is 6.42 Å². The van der Waals surface area contributed by atoms with Gasteiger partial charge in [-0.05, 0) is 38.6 Å². The summed E-state index contributed by atoms with van der Waals surface area (Å²) in [4.78, 5) is 18.6. The first-order valence-corrected chi connectivity index (χ1v) is 8.80. The molecule has 1 aliphatic heterocycles. The standard InChI is InChI=1S/C16H27N5O2/c17-14(9-12-3-1-2-8-18-12)16-19-10-15(20-16)11-4-6-13(7-5-11)21(22)23/h10-14,18H,1-9,17H2,(H,19,20)/t11?,12?,13?,14-/m0/s1. The summed E-state index contributed by atoms with van der Waals surface area (Å²) in [7, 11) is 0. The average Bonchev–Trinajstić information content (AvgIpc) is 3.06. The molecule has 0 radical (unpaired) electrons. The molecule has 1 saturated heterocycles. The number of aromatic amines is 1. The van der Waals surface area contributed by atoms with Gasteiger partial charge in [0, 0.05) is 41.6 Å². The molecule has 2 aliphatic rings. The van der Waals surface area contributed by atoms with Crippen LogP contribution in [0.25, 0.3) is 0 Å². The highest BCUT2D eigenvalue weighted by molar-refractivity contribution is 5.11. The van der Waals surface area contributed by atoms with E-state index in [-0.39, 0.29) is 17.0 Å². The summed E-state index contributed by atoms with van der Waals surface area (Å²) >= 11 is 0. The van der Waals surface area contributed by atoms with Crippen molar-refractivity contribution in [2.45, 2.75) is 75.4 Å². The molecule has 1 aliphatic carbocycles. The monoisotopic (exact) mass is 321 g/mol. The van der Waals surface area contributed by atoms with Crippen molar-refractivity contribution in [3.63, 3.8) is 0 Å². The van der Waals surface area contributed by atoms with Gasteiger partial charge in [-0.2, -0.15) is 0 Å².